The summed E-state index contributed by atoms with van der Waals surface area (Å²) in [7, 11) is 0. The minimum atomic E-state index is -0.473. The number of amides is 1. The van der Waals surface area contributed by atoms with Crippen molar-refractivity contribution in [3.8, 4) is 10.6 Å². The van der Waals surface area contributed by atoms with Crippen LogP contribution in [0.5, 0.6) is 0 Å². The molecule has 1 atom stereocenters. The lowest BCUT2D eigenvalue weighted by molar-refractivity contribution is 0.0262. The molecule has 1 aromatic rings. The maximum Gasteiger partial charge on any atom is 0.410 e. The maximum absolute atomic E-state index is 12.7. The number of ether oxygens (including phenoxy) is 1. The number of carbonyl (C=O) groups is 1. The Bertz CT molecular complexity index is 1370. The number of benzene rings is 2. The fraction of sp³-hybridized carbons (Fsp3) is 0.581. The van der Waals surface area contributed by atoms with Crippen molar-refractivity contribution in [2.24, 2.45) is 0 Å². The Kier molecular flexibility index (Phi) is 7.67. The maximum atomic E-state index is 12.7. The van der Waals surface area contributed by atoms with Crippen LogP contribution in [0, 0.1) is 0 Å². The number of hydrogen-bond acceptors (Lipinski definition) is 5. The molecule has 4 aliphatic rings. The molecule has 204 valence electrons. The van der Waals surface area contributed by atoms with Crippen LogP contribution < -0.4 is 14.8 Å². The van der Waals surface area contributed by atoms with Crippen molar-refractivity contribution in [1.82, 2.24) is 14.5 Å². The number of aryl methyl sites for hydroxylation is 2. The standard InChI is InChI=1S/C31H43N4O2S/c1-7-22-17-24(33-12-10-13-34(16-15-33)30(36)37-31(4,5)6)19-26-28(22)32-29-23(8-2)18-25(20-27(29)38-26)35-14-9-11-21(35)3/h17-21H,7-16H2,1-6H3/q+1. The van der Waals surface area contributed by atoms with Gasteiger partial charge in [-0.15, -0.1) is 11.3 Å². The molecule has 1 unspecified atom stereocenters. The van der Waals surface area contributed by atoms with E-state index >= 15 is 0 Å². The average Bonchev–Trinajstić information content (AvgIpc) is 3.15. The van der Waals surface area contributed by atoms with Crippen molar-refractivity contribution in [2.75, 3.05) is 37.6 Å². The largest absolute Gasteiger partial charge is 0.444 e. The van der Waals surface area contributed by atoms with Crippen LogP contribution in [0.2, 0.25) is 0 Å². The summed E-state index contributed by atoms with van der Waals surface area (Å²) in [6.07, 6.45) is 5.18. The molecule has 2 fully saturated rings. The van der Waals surface area contributed by atoms with Crippen LogP contribution in [0.3, 0.4) is 0 Å². The van der Waals surface area contributed by atoms with E-state index in [2.05, 4.69) is 54.5 Å². The Morgan fingerprint density at radius 1 is 1.05 bits per heavy atom. The Morgan fingerprint density at radius 3 is 2.53 bits per heavy atom. The molecule has 6 nitrogen and oxygen atoms in total. The number of carbonyl (C=O) groups excluding carboxylic acids is 1. The van der Waals surface area contributed by atoms with Crippen molar-refractivity contribution >= 4 is 33.3 Å². The molecule has 0 spiro atoms. The number of nitrogens with zero attached hydrogens (tertiary/aromatic N) is 4. The van der Waals surface area contributed by atoms with Gasteiger partial charge in [0.25, 0.3) is 0 Å². The molecule has 5 rings (SSSR count). The fourth-order valence-corrected chi connectivity index (χ4v) is 6.97. The highest BCUT2D eigenvalue weighted by Crippen LogP contribution is 2.37. The highest BCUT2D eigenvalue weighted by Gasteiger charge is 2.27. The molecule has 0 aromatic heterocycles. The molecule has 0 N–H and O–H groups in total. The van der Waals surface area contributed by atoms with E-state index in [0.29, 0.717) is 12.6 Å². The number of rotatable bonds is 3. The topological polar surface area (TPSA) is 48.7 Å². The van der Waals surface area contributed by atoms with E-state index in [9.17, 15) is 4.79 Å². The molecular formula is C31H43N4O2S+. The van der Waals surface area contributed by atoms with E-state index in [1.165, 1.54) is 44.6 Å². The SMILES string of the molecule is CCc1cc(=[N+]2CCCN(C(=O)OC(C)(C)C)CC2)cc2sc3cc(N4CCCC4C)cc(CC)c3nc1-2. The van der Waals surface area contributed by atoms with E-state index in [0.717, 1.165) is 56.7 Å². The average molecular weight is 536 g/mol. The highest BCUT2D eigenvalue weighted by molar-refractivity contribution is 7.21. The molecule has 0 saturated carbocycles. The normalized spacial score (nSPS) is 20.3. The molecule has 1 amide bonds. The summed E-state index contributed by atoms with van der Waals surface area (Å²) in [5, 5.41) is 1.23. The molecule has 3 heterocycles. The van der Waals surface area contributed by atoms with Crippen LogP contribution in [0.4, 0.5) is 10.5 Å². The molecule has 0 radical (unpaired) electrons. The third-order valence-corrected chi connectivity index (χ3v) is 8.94. The van der Waals surface area contributed by atoms with E-state index in [-0.39, 0.29) is 6.09 Å². The van der Waals surface area contributed by atoms with Crippen LogP contribution in [0.1, 0.15) is 71.9 Å². The summed E-state index contributed by atoms with van der Waals surface area (Å²) in [6, 6.07) is 9.99. The monoisotopic (exact) mass is 535 g/mol. The number of hydrogen-bond donors (Lipinski definition) is 0. The van der Waals surface area contributed by atoms with Crippen molar-refractivity contribution in [3.05, 3.63) is 40.7 Å². The van der Waals surface area contributed by atoms with Gasteiger partial charge in [-0.2, -0.15) is 0 Å². The Hall–Kier alpha value is -2.67. The zero-order valence-electron chi connectivity index (χ0n) is 24.0. The third-order valence-electron chi connectivity index (χ3n) is 7.88. The summed E-state index contributed by atoms with van der Waals surface area (Å²) in [4.78, 5) is 23.6. The van der Waals surface area contributed by atoms with Gasteiger partial charge in [0.05, 0.1) is 27.3 Å². The van der Waals surface area contributed by atoms with Gasteiger partial charge in [-0.25, -0.2) is 14.4 Å². The van der Waals surface area contributed by atoms with Gasteiger partial charge in [0, 0.05) is 43.4 Å². The van der Waals surface area contributed by atoms with Crippen LogP contribution >= 0.6 is 11.3 Å². The van der Waals surface area contributed by atoms with Crippen LogP contribution in [-0.2, 0) is 17.6 Å². The number of aromatic nitrogens is 1. The summed E-state index contributed by atoms with van der Waals surface area (Å²) in [5.41, 5.74) is 5.80. The zero-order valence-corrected chi connectivity index (χ0v) is 24.8. The Morgan fingerprint density at radius 2 is 1.84 bits per heavy atom. The molecule has 38 heavy (non-hydrogen) atoms. The lowest BCUT2D eigenvalue weighted by Crippen LogP contribution is -2.39. The van der Waals surface area contributed by atoms with Crippen molar-refractivity contribution in [1.29, 1.82) is 0 Å². The predicted molar refractivity (Wildman–Crippen MR) is 158 cm³/mol. The van der Waals surface area contributed by atoms with E-state index in [4.69, 9.17) is 9.72 Å². The van der Waals surface area contributed by atoms with Gasteiger partial charge in [-0.1, -0.05) is 13.8 Å². The Labute approximate surface area is 231 Å². The van der Waals surface area contributed by atoms with Gasteiger partial charge in [-0.05, 0) is 76.6 Å². The number of fused-ring (bicyclic) bond motifs is 2. The molecular weight excluding hydrogens is 492 g/mol. The molecule has 7 heteroatoms. The minimum Gasteiger partial charge on any atom is -0.444 e. The lowest BCUT2D eigenvalue weighted by Gasteiger charge is -2.25. The predicted octanol–water partition coefficient (Wildman–Crippen LogP) is 5.93. The second-order valence-corrected chi connectivity index (χ2v) is 12.9. The lowest BCUT2D eigenvalue weighted by atomic mass is 10.1. The quantitative estimate of drug-likeness (QED) is 0.308. The summed E-state index contributed by atoms with van der Waals surface area (Å²) in [6.45, 7) is 16.8. The third kappa shape index (κ3) is 5.54. The van der Waals surface area contributed by atoms with Crippen LogP contribution in [0.15, 0.2) is 24.3 Å². The van der Waals surface area contributed by atoms with Crippen LogP contribution in [0.25, 0.3) is 20.8 Å². The summed E-state index contributed by atoms with van der Waals surface area (Å²) < 4.78 is 9.34. The first-order valence-corrected chi connectivity index (χ1v) is 15.2. The van der Waals surface area contributed by atoms with Crippen LogP contribution in [-0.4, -0.2) is 60.3 Å². The number of anilines is 1. The molecule has 3 aliphatic heterocycles. The van der Waals surface area contributed by atoms with Crippen molar-refractivity contribution < 1.29 is 9.53 Å². The second-order valence-electron chi connectivity index (χ2n) is 11.8. The van der Waals surface area contributed by atoms with Gasteiger partial charge in [0.2, 0.25) is 5.36 Å². The first kappa shape index (κ1) is 26.9. The van der Waals surface area contributed by atoms with Gasteiger partial charge in [0.15, 0.2) is 6.54 Å². The Balaban J connectivity index is 1.56. The van der Waals surface area contributed by atoms with E-state index in [1.54, 1.807) is 0 Å². The van der Waals surface area contributed by atoms with Crippen molar-refractivity contribution in [2.45, 2.75) is 85.3 Å². The minimum absolute atomic E-state index is 0.208. The van der Waals surface area contributed by atoms with Gasteiger partial charge >= 0.3 is 6.09 Å². The first-order chi connectivity index (χ1) is 18.2. The smallest absolute Gasteiger partial charge is 0.410 e. The van der Waals surface area contributed by atoms with Gasteiger partial charge in [0.1, 0.15) is 12.1 Å². The molecule has 1 aliphatic carbocycles. The fourth-order valence-electron chi connectivity index (χ4n) is 5.83. The van der Waals surface area contributed by atoms with Crippen molar-refractivity contribution in [3.63, 3.8) is 0 Å². The first-order valence-electron chi connectivity index (χ1n) is 14.4. The summed E-state index contributed by atoms with van der Waals surface area (Å²) >= 11 is 1.88. The highest BCUT2D eigenvalue weighted by atomic mass is 32.1. The molecule has 1 aromatic carbocycles. The second kappa shape index (κ2) is 10.8. The van der Waals surface area contributed by atoms with E-state index in [1.807, 2.05) is 37.0 Å². The van der Waals surface area contributed by atoms with E-state index < -0.39 is 5.60 Å². The zero-order chi connectivity index (χ0) is 27.0. The molecule has 2 saturated heterocycles. The van der Waals surface area contributed by atoms with Gasteiger partial charge < -0.3 is 14.5 Å². The van der Waals surface area contributed by atoms with Gasteiger partial charge in [-0.3, -0.25) is 0 Å². The summed E-state index contributed by atoms with van der Waals surface area (Å²) in [5.74, 6) is 0. The molecule has 0 bridgehead atoms.